The minimum Gasteiger partial charge on any atom is -0.478 e. The first-order valence-electron chi connectivity index (χ1n) is 8.43. The highest BCUT2D eigenvalue weighted by molar-refractivity contribution is 6.02. The molecule has 1 saturated heterocycles. The number of carbonyl (C=O) groups is 1. The molecule has 0 amide bonds. The van der Waals surface area contributed by atoms with Crippen molar-refractivity contribution in [3.05, 3.63) is 41.6 Å². The smallest absolute Gasteiger partial charge is 0.337 e. The molecule has 1 aromatic heterocycles. The Morgan fingerprint density at radius 2 is 2.17 bits per heavy atom. The highest BCUT2D eigenvalue weighted by Gasteiger charge is 2.26. The molecule has 1 aromatic carbocycles. The van der Waals surface area contributed by atoms with Crippen LogP contribution in [0.4, 0.5) is 0 Å². The second-order valence-corrected chi connectivity index (χ2v) is 6.81. The van der Waals surface area contributed by atoms with E-state index in [-0.39, 0.29) is 5.56 Å². The molecule has 0 radical (unpaired) electrons. The van der Waals surface area contributed by atoms with E-state index in [1.807, 2.05) is 18.2 Å². The fraction of sp³-hybridized carbons (Fsp3) is 0.474. The molecule has 1 fully saturated rings. The number of fused-ring (bicyclic) bond motifs is 1. The first-order valence-corrected chi connectivity index (χ1v) is 8.43. The van der Waals surface area contributed by atoms with E-state index in [2.05, 4.69) is 23.7 Å². The summed E-state index contributed by atoms with van der Waals surface area (Å²) in [6.07, 6.45) is 5.27. The standard InChI is InChI=1S/C19H24N2O2/c1-13(2)12-21-11-4-3-7-17(21)14-8-9-16(19(22)23)18-15(14)6-5-10-20-18/h5-6,8-10,13,17H,3-4,7,11-12H2,1-2H3,(H,22,23). The second-order valence-electron chi connectivity index (χ2n) is 6.81. The van der Waals surface area contributed by atoms with Gasteiger partial charge in [0.1, 0.15) is 0 Å². The van der Waals surface area contributed by atoms with Gasteiger partial charge in [-0.2, -0.15) is 0 Å². The van der Waals surface area contributed by atoms with Gasteiger partial charge in [-0.25, -0.2) is 4.79 Å². The van der Waals surface area contributed by atoms with E-state index in [0.717, 1.165) is 24.9 Å². The Bertz CT molecular complexity index is 712. The Labute approximate surface area is 137 Å². The summed E-state index contributed by atoms with van der Waals surface area (Å²) < 4.78 is 0. The summed E-state index contributed by atoms with van der Waals surface area (Å²) in [5.41, 5.74) is 2.11. The molecule has 1 aliphatic rings. The van der Waals surface area contributed by atoms with Crippen molar-refractivity contribution in [1.82, 2.24) is 9.88 Å². The Balaban J connectivity index is 2.08. The number of nitrogens with zero attached hydrogens (tertiary/aromatic N) is 2. The highest BCUT2D eigenvalue weighted by atomic mass is 16.4. The predicted octanol–water partition coefficient (Wildman–Crippen LogP) is 4.12. The lowest BCUT2D eigenvalue weighted by Gasteiger charge is -2.37. The fourth-order valence-electron chi connectivity index (χ4n) is 3.69. The van der Waals surface area contributed by atoms with Crippen LogP contribution in [-0.2, 0) is 0 Å². The Morgan fingerprint density at radius 3 is 2.91 bits per heavy atom. The van der Waals surface area contributed by atoms with Gasteiger partial charge < -0.3 is 5.11 Å². The van der Waals surface area contributed by atoms with Gasteiger partial charge in [0.15, 0.2) is 0 Å². The molecule has 3 rings (SSSR count). The molecule has 4 nitrogen and oxygen atoms in total. The zero-order chi connectivity index (χ0) is 16.4. The maximum absolute atomic E-state index is 11.5. The molecule has 0 saturated carbocycles. The molecule has 2 aromatic rings. The molecule has 2 heterocycles. The van der Waals surface area contributed by atoms with Gasteiger partial charge in [-0.1, -0.05) is 32.4 Å². The zero-order valence-electron chi connectivity index (χ0n) is 13.8. The molecule has 1 unspecified atom stereocenters. The van der Waals surface area contributed by atoms with Crippen molar-refractivity contribution >= 4 is 16.9 Å². The van der Waals surface area contributed by atoms with E-state index >= 15 is 0 Å². The molecule has 122 valence electrons. The molecular weight excluding hydrogens is 288 g/mol. The molecule has 23 heavy (non-hydrogen) atoms. The van der Waals surface area contributed by atoms with E-state index in [4.69, 9.17) is 0 Å². The summed E-state index contributed by atoms with van der Waals surface area (Å²) >= 11 is 0. The van der Waals surface area contributed by atoms with Crippen molar-refractivity contribution in [2.75, 3.05) is 13.1 Å². The summed E-state index contributed by atoms with van der Waals surface area (Å²) in [7, 11) is 0. The monoisotopic (exact) mass is 312 g/mol. The maximum atomic E-state index is 11.5. The van der Waals surface area contributed by atoms with Crippen molar-refractivity contribution in [2.45, 2.75) is 39.2 Å². The molecule has 1 N–H and O–H groups in total. The molecule has 0 aliphatic carbocycles. The normalized spacial score (nSPS) is 19.3. The lowest BCUT2D eigenvalue weighted by molar-refractivity contribution is 0.0698. The number of hydrogen-bond donors (Lipinski definition) is 1. The fourth-order valence-corrected chi connectivity index (χ4v) is 3.69. The number of carboxylic acid groups (broad SMARTS) is 1. The third-order valence-electron chi connectivity index (χ3n) is 4.61. The summed E-state index contributed by atoms with van der Waals surface area (Å²) in [4.78, 5) is 18.4. The van der Waals surface area contributed by atoms with Gasteiger partial charge in [0.05, 0.1) is 11.1 Å². The predicted molar refractivity (Wildman–Crippen MR) is 91.7 cm³/mol. The average molecular weight is 312 g/mol. The van der Waals surface area contributed by atoms with Crippen LogP contribution in [0, 0.1) is 5.92 Å². The molecule has 0 spiro atoms. The molecule has 1 atom stereocenters. The van der Waals surface area contributed by atoms with Gasteiger partial charge in [-0.05, 0) is 43.0 Å². The molecule has 4 heteroatoms. The van der Waals surface area contributed by atoms with Crippen LogP contribution in [0.5, 0.6) is 0 Å². The first kappa shape index (κ1) is 15.9. The third-order valence-corrected chi connectivity index (χ3v) is 4.61. The summed E-state index contributed by atoms with van der Waals surface area (Å²) in [6.45, 7) is 6.69. The summed E-state index contributed by atoms with van der Waals surface area (Å²) in [6, 6.07) is 7.98. The van der Waals surface area contributed by atoms with Crippen molar-refractivity contribution in [1.29, 1.82) is 0 Å². The summed E-state index contributed by atoms with van der Waals surface area (Å²) in [5, 5.41) is 10.4. The zero-order valence-corrected chi connectivity index (χ0v) is 13.8. The van der Waals surface area contributed by atoms with Crippen LogP contribution in [0.1, 0.15) is 55.1 Å². The van der Waals surface area contributed by atoms with Gasteiger partial charge in [0.25, 0.3) is 0 Å². The topological polar surface area (TPSA) is 53.4 Å². The molecular formula is C19H24N2O2. The van der Waals surface area contributed by atoms with E-state index in [0.29, 0.717) is 17.5 Å². The third kappa shape index (κ3) is 3.22. The number of piperidine rings is 1. The Kier molecular flexibility index (Phi) is 4.62. The maximum Gasteiger partial charge on any atom is 0.337 e. The van der Waals surface area contributed by atoms with Gasteiger partial charge in [-0.15, -0.1) is 0 Å². The number of benzene rings is 1. The molecule has 1 aliphatic heterocycles. The Morgan fingerprint density at radius 1 is 1.35 bits per heavy atom. The van der Waals surface area contributed by atoms with Crippen molar-refractivity contribution in [3.8, 4) is 0 Å². The van der Waals surface area contributed by atoms with Crippen LogP contribution in [-0.4, -0.2) is 34.0 Å². The minimum atomic E-state index is -0.914. The van der Waals surface area contributed by atoms with Gasteiger partial charge >= 0.3 is 5.97 Å². The number of aromatic nitrogens is 1. The number of aromatic carboxylic acids is 1. The van der Waals surface area contributed by atoms with E-state index < -0.39 is 5.97 Å². The van der Waals surface area contributed by atoms with E-state index in [1.165, 1.54) is 18.4 Å². The summed E-state index contributed by atoms with van der Waals surface area (Å²) in [5.74, 6) is -0.291. The van der Waals surface area contributed by atoms with Crippen LogP contribution < -0.4 is 0 Å². The largest absolute Gasteiger partial charge is 0.478 e. The van der Waals surface area contributed by atoms with Gasteiger partial charge in [-0.3, -0.25) is 9.88 Å². The quantitative estimate of drug-likeness (QED) is 0.923. The van der Waals surface area contributed by atoms with Gasteiger partial charge in [0, 0.05) is 24.2 Å². The average Bonchev–Trinajstić information content (AvgIpc) is 2.54. The lowest BCUT2D eigenvalue weighted by Crippen LogP contribution is -2.36. The van der Waals surface area contributed by atoms with E-state index in [1.54, 1.807) is 12.3 Å². The number of likely N-dealkylation sites (tertiary alicyclic amines) is 1. The van der Waals surface area contributed by atoms with Crippen molar-refractivity contribution in [2.24, 2.45) is 5.92 Å². The van der Waals surface area contributed by atoms with Crippen LogP contribution in [0.3, 0.4) is 0 Å². The van der Waals surface area contributed by atoms with Crippen molar-refractivity contribution < 1.29 is 9.90 Å². The number of rotatable bonds is 4. The number of carboxylic acids is 1. The van der Waals surface area contributed by atoms with Crippen LogP contribution in [0.2, 0.25) is 0 Å². The first-order chi connectivity index (χ1) is 11.1. The Hall–Kier alpha value is -1.94. The van der Waals surface area contributed by atoms with Crippen LogP contribution in [0.15, 0.2) is 30.5 Å². The minimum absolute atomic E-state index is 0.288. The lowest BCUT2D eigenvalue weighted by atomic mass is 9.90. The SMILES string of the molecule is CC(C)CN1CCCCC1c1ccc(C(=O)O)c2ncccc12. The highest BCUT2D eigenvalue weighted by Crippen LogP contribution is 2.35. The van der Waals surface area contributed by atoms with Gasteiger partial charge in [0.2, 0.25) is 0 Å². The van der Waals surface area contributed by atoms with Crippen LogP contribution in [0.25, 0.3) is 10.9 Å². The van der Waals surface area contributed by atoms with Crippen LogP contribution >= 0.6 is 0 Å². The van der Waals surface area contributed by atoms with E-state index in [9.17, 15) is 9.90 Å². The van der Waals surface area contributed by atoms with Crippen molar-refractivity contribution in [3.63, 3.8) is 0 Å². The second kappa shape index (κ2) is 6.67. The molecule has 0 bridgehead atoms. The number of hydrogen-bond acceptors (Lipinski definition) is 3. The number of pyridine rings is 1.